The summed E-state index contributed by atoms with van der Waals surface area (Å²) >= 11 is 0. The van der Waals surface area contributed by atoms with Crippen LogP contribution >= 0.6 is 0 Å². The molecule has 104 valence electrons. The van der Waals surface area contributed by atoms with Crippen molar-refractivity contribution in [2.75, 3.05) is 0 Å². The van der Waals surface area contributed by atoms with Crippen molar-refractivity contribution in [2.45, 2.75) is 39.2 Å². The van der Waals surface area contributed by atoms with Crippen LogP contribution in [0.2, 0.25) is 0 Å². The van der Waals surface area contributed by atoms with E-state index in [0.717, 1.165) is 29.9 Å². The van der Waals surface area contributed by atoms with Gasteiger partial charge in [-0.3, -0.25) is 0 Å². The Morgan fingerprint density at radius 2 is 2.10 bits per heavy atom. The molecule has 4 heteroatoms. The summed E-state index contributed by atoms with van der Waals surface area (Å²) in [5.74, 6) is -0.232. The highest BCUT2D eigenvalue weighted by Crippen LogP contribution is 2.27. The van der Waals surface area contributed by atoms with Crippen molar-refractivity contribution in [3.63, 3.8) is 0 Å². The molecule has 0 aliphatic carbocycles. The van der Waals surface area contributed by atoms with Gasteiger partial charge in [0.25, 0.3) is 0 Å². The molecule has 0 saturated heterocycles. The molecule has 1 aliphatic rings. The normalized spacial score (nSPS) is 17.7. The van der Waals surface area contributed by atoms with Gasteiger partial charge in [0, 0.05) is 6.42 Å². The molecule has 0 amide bonds. The number of hydrogen-bond donors (Lipinski definition) is 0. The molecule has 1 unspecified atom stereocenters. The number of cyclic esters (lactones) is 1. The molecule has 1 aromatic heterocycles. The highest BCUT2D eigenvalue weighted by atomic mass is 16.5. The van der Waals surface area contributed by atoms with E-state index < -0.39 is 0 Å². The minimum absolute atomic E-state index is 0.0939. The number of esters is 1. The Bertz CT molecular complexity index is 631. The SMILES string of the molecule is CCCc1nn(-c2ccccc2)c2c1C(=O)OC(C)C2. The van der Waals surface area contributed by atoms with Crippen molar-refractivity contribution in [2.24, 2.45) is 0 Å². The standard InChI is InChI=1S/C16H18N2O2/c1-3-7-13-15-14(10-11(2)20-16(15)19)18(17-13)12-8-5-4-6-9-12/h4-6,8-9,11H,3,7,10H2,1-2H3. The number of para-hydroxylation sites is 1. The van der Waals surface area contributed by atoms with Gasteiger partial charge >= 0.3 is 5.97 Å². The fraction of sp³-hybridized carbons (Fsp3) is 0.375. The topological polar surface area (TPSA) is 44.1 Å². The van der Waals surface area contributed by atoms with Crippen LogP contribution in [0.1, 0.15) is 42.0 Å². The van der Waals surface area contributed by atoms with Crippen molar-refractivity contribution in [3.8, 4) is 5.69 Å². The molecule has 1 aliphatic heterocycles. The van der Waals surface area contributed by atoms with E-state index >= 15 is 0 Å². The lowest BCUT2D eigenvalue weighted by atomic mass is 10.0. The molecule has 0 saturated carbocycles. The van der Waals surface area contributed by atoms with Crippen LogP contribution in [-0.2, 0) is 17.6 Å². The predicted molar refractivity (Wildman–Crippen MR) is 76.1 cm³/mol. The Kier molecular flexibility index (Phi) is 3.30. The van der Waals surface area contributed by atoms with Crippen LogP contribution in [-0.4, -0.2) is 21.9 Å². The molecule has 20 heavy (non-hydrogen) atoms. The van der Waals surface area contributed by atoms with E-state index in [4.69, 9.17) is 4.74 Å². The van der Waals surface area contributed by atoms with E-state index in [-0.39, 0.29) is 12.1 Å². The fourth-order valence-electron chi connectivity index (χ4n) is 2.68. The summed E-state index contributed by atoms with van der Waals surface area (Å²) in [7, 11) is 0. The highest BCUT2D eigenvalue weighted by molar-refractivity contribution is 5.93. The van der Waals surface area contributed by atoms with Gasteiger partial charge in [0.1, 0.15) is 11.7 Å². The van der Waals surface area contributed by atoms with Gasteiger partial charge in [0.2, 0.25) is 0 Å². The number of benzene rings is 1. The summed E-state index contributed by atoms with van der Waals surface area (Å²) < 4.78 is 7.26. The zero-order valence-electron chi connectivity index (χ0n) is 11.8. The Balaban J connectivity index is 2.16. The molecule has 1 aromatic carbocycles. The van der Waals surface area contributed by atoms with E-state index in [1.54, 1.807) is 0 Å². The van der Waals surface area contributed by atoms with Crippen LogP contribution in [0.5, 0.6) is 0 Å². The van der Waals surface area contributed by atoms with E-state index in [9.17, 15) is 4.79 Å². The monoisotopic (exact) mass is 270 g/mol. The van der Waals surface area contributed by atoms with Crippen molar-refractivity contribution >= 4 is 5.97 Å². The Morgan fingerprint density at radius 3 is 2.80 bits per heavy atom. The van der Waals surface area contributed by atoms with Crippen molar-refractivity contribution in [3.05, 3.63) is 47.3 Å². The first kappa shape index (κ1) is 12.9. The van der Waals surface area contributed by atoms with Gasteiger partial charge in [-0.15, -0.1) is 0 Å². The zero-order valence-corrected chi connectivity index (χ0v) is 11.8. The summed E-state index contributed by atoms with van der Waals surface area (Å²) in [6, 6.07) is 9.95. The van der Waals surface area contributed by atoms with Crippen LogP contribution in [0.15, 0.2) is 30.3 Å². The summed E-state index contributed by atoms with van der Waals surface area (Å²) in [4.78, 5) is 12.2. The van der Waals surface area contributed by atoms with E-state index in [1.165, 1.54) is 0 Å². The molecule has 0 radical (unpaired) electrons. The maximum Gasteiger partial charge on any atom is 0.342 e. The molecule has 2 aromatic rings. The molecule has 4 nitrogen and oxygen atoms in total. The lowest BCUT2D eigenvalue weighted by Crippen LogP contribution is -2.26. The Morgan fingerprint density at radius 1 is 1.35 bits per heavy atom. The maximum absolute atomic E-state index is 12.2. The average Bonchev–Trinajstić information content (AvgIpc) is 2.79. The molecule has 0 spiro atoms. The van der Waals surface area contributed by atoms with Gasteiger partial charge in [-0.2, -0.15) is 5.10 Å². The van der Waals surface area contributed by atoms with Gasteiger partial charge in [0.15, 0.2) is 0 Å². The fourth-order valence-corrected chi connectivity index (χ4v) is 2.68. The van der Waals surface area contributed by atoms with E-state index in [1.807, 2.05) is 41.9 Å². The molecular weight excluding hydrogens is 252 g/mol. The van der Waals surface area contributed by atoms with Crippen molar-refractivity contribution in [1.82, 2.24) is 9.78 Å². The van der Waals surface area contributed by atoms with E-state index in [2.05, 4.69) is 12.0 Å². The number of carbonyl (C=O) groups is 1. The van der Waals surface area contributed by atoms with Crippen molar-refractivity contribution in [1.29, 1.82) is 0 Å². The third kappa shape index (κ3) is 2.11. The van der Waals surface area contributed by atoms with Crippen LogP contribution < -0.4 is 0 Å². The molecule has 3 rings (SSSR count). The number of carbonyl (C=O) groups excluding carboxylic acids is 1. The lowest BCUT2D eigenvalue weighted by molar-refractivity contribution is 0.0296. The second-order valence-electron chi connectivity index (χ2n) is 5.19. The van der Waals surface area contributed by atoms with Gasteiger partial charge in [-0.05, 0) is 25.5 Å². The summed E-state index contributed by atoms with van der Waals surface area (Å²) in [6.07, 6.45) is 2.38. The number of fused-ring (bicyclic) bond motifs is 1. The molecule has 2 heterocycles. The smallest absolute Gasteiger partial charge is 0.342 e. The van der Waals surface area contributed by atoms with Gasteiger partial charge in [-0.25, -0.2) is 9.48 Å². The molecule has 1 atom stereocenters. The number of rotatable bonds is 3. The first-order chi connectivity index (χ1) is 9.70. The molecule has 0 bridgehead atoms. The minimum atomic E-state index is -0.232. The highest BCUT2D eigenvalue weighted by Gasteiger charge is 2.31. The average molecular weight is 270 g/mol. The first-order valence-corrected chi connectivity index (χ1v) is 7.08. The Labute approximate surface area is 118 Å². The van der Waals surface area contributed by atoms with Crippen LogP contribution in [0.3, 0.4) is 0 Å². The number of hydrogen-bond acceptors (Lipinski definition) is 3. The number of aryl methyl sites for hydroxylation is 1. The summed E-state index contributed by atoms with van der Waals surface area (Å²) in [6.45, 7) is 4.01. The Hall–Kier alpha value is -2.10. The van der Waals surface area contributed by atoms with Crippen LogP contribution in [0.25, 0.3) is 5.69 Å². The molecular formula is C16H18N2O2. The van der Waals surface area contributed by atoms with E-state index in [0.29, 0.717) is 12.0 Å². The third-order valence-electron chi connectivity index (χ3n) is 3.53. The number of aromatic nitrogens is 2. The van der Waals surface area contributed by atoms with Gasteiger partial charge < -0.3 is 4.74 Å². The lowest BCUT2D eigenvalue weighted by Gasteiger charge is -2.20. The summed E-state index contributed by atoms with van der Waals surface area (Å²) in [5.41, 5.74) is 3.49. The zero-order chi connectivity index (χ0) is 14.1. The second kappa shape index (κ2) is 5.12. The largest absolute Gasteiger partial charge is 0.459 e. The van der Waals surface area contributed by atoms with Crippen LogP contribution in [0, 0.1) is 0 Å². The van der Waals surface area contributed by atoms with Crippen molar-refractivity contribution < 1.29 is 9.53 Å². The predicted octanol–water partition coefficient (Wildman–Crippen LogP) is 2.93. The van der Waals surface area contributed by atoms with Gasteiger partial charge in [-0.1, -0.05) is 31.5 Å². The first-order valence-electron chi connectivity index (χ1n) is 7.08. The van der Waals surface area contributed by atoms with Gasteiger partial charge in [0.05, 0.1) is 17.1 Å². The minimum Gasteiger partial charge on any atom is -0.459 e. The summed E-state index contributed by atoms with van der Waals surface area (Å²) in [5, 5.41) is 4.65. The number of nitrogens with zero attached hydrogens (tertiary/aromatic N) is 2. The number of ether oxygens (including phenoxy) is 1. The molecule has 0 N–H and O–H groups in total. The van der Waals surface area contributed by atoms with Crippen LogP contribution in [0.4, 0.5) is 0 Å². The second-order valence-corrected chi connectivity index (χ2v) is 5.19. The molecule has 0 fully saturated rings. The quantitative estimate of drug-likeness (QED) is 0.805. The third-order valence-corrected chi connectivity index (χ3v) is 3.53. The maximum atomic E-state index is 12.2.